The van der Waals surface area contributed by atoms with E-state index in [0.717, 1.165) is 5.56 Å². The van der Waals surface area contributed by atoms with Gasteiger partial charge in [0.15, 0.2) is 5.78 Å². The van der Waals surface area contributed by atoms with Crippen LogP contribution in [-0.4, -0.2) is 28.9 Å². The van der Waals surface area contributed by atoms with E-state index in [2.05, 4.69) is 5.32 Å². The van der Waals surface area contributed by atoms with Crippen LogP contribution in [0.5, 0.6) is 0 Å². The summed E-state index contributed by atoms with van der Waals surface area (Å²) in [5, 5.41) is 12.9. The average Bonchev–Trinajstić information content (AvgIpc) is 3.26. The second-order valence-corrected chi connectivity index (χ2v) is 5.03. The first-order valence-corrected chi connectivity index (χ1v) is 6.63. The molecule has 0 spiro atoms. The molecule has 0 aliphatic heterocycles. The Morgan fingerprint density at radius 3 is 2.67 bits per heavy atom. The van der Waals surface area contributed by atoms with Crippen LogP contribution in [-0.2, 0) is 16.1 Å². The van der Waals surface area contributed by atoms with Crippen LogP contribution >= 0.6 is 0 Å². The number of ketones is 1. The highest BCUT2D eigenvalue weighted by Crippen LogP contribution is 2.34. The predicted molar refractivity (Wildman–Crippen MR) is 73.1 cm³/mol. The molecule has 7 heteroatoms. The highest BCUT2D eigenvalue weighted by Gasteiger charge is 2.54. The monoisotopic (exact) mass is 292 g/mol. The molecule has 0 saturated heterocycles. The second-order valence-electron chi connectivity index (χ2n) is 5.03. The van der Waals surface area contributed by atoms with Gasteiger partial charge in [-0.15, -0.1) is 0 Å². The summed E-state index contributed by atoms with van der Waals surface area (Å²) in [5.41, 5.74) is 0.835. The van der Waals surface area contributed by atoms with Gasteiger partial charge in [-0.05, 0) is 12.5 Å². The van der Waals surface area contributed by atoms with Crippen LogP contribution in [0.15, 0.2) is 30.3 Å². The fourth-order valence-corrected chi connectivity index (χ4v) is 2.05. The van der Waals surface area contributed by atoms with Gasteiger partial charge in [0, 0.05) is 11.3 Å². The number of ether oxygens (including phenoxy) is 1. The van der Waals surface area contributed by atoms with E-state index in [4.69, 9.17) is 4.74 Å². The molecule has 3 atom stereocenters. The lowest BCUT2D eigenvalue weighted by Gasteiger charge is -2.12. The molecular weight excluding hydrogens is 276 g/mol. The largest absolute Gasteiger partial charge is 0.445 e. The smallest absolute Gasteiger partial charge is 0.408 e. The molecule has 1 aliphatic rings. The number of nitrogens with zero attached hydrogens (tertiary/aromatic N) is 1. The number of alkyl carbamates (subject to hydrolysis) is 1. The van der Waals surface area contributed by atoms with Crippen LogP contribution in [0.2, 0.25) is 0 Å². The summed E-state index contributed by atoms with van der Waals surface area (Å²) in [5.74, 6) is -0.919. The summed E-state index contributed by atoms with van der Waals surface area (Å²) in [6.07, 6.45) is -0.463. The van der Waals surface area contributed by atoms with Crippen molar-refractivity contribution in [3.05, 3.63) is 46.0 Å². The average molecular weight is 292 g/mol. The third-order valence-corrected chi connectivity index (χ3v) is 3.37. The van der Waals surface area contributed by atoms with Crippen molar-refractivity contribution in [2.24, 2.45) is 5.92 Å². The van der Waals surface area contributed by atoms with Crippen molar-refractivity contribution in [3.63, 3.8) is 0 Å². The van der Waals surface area contributed by atoms with Gasteiger partial charge < -0.3 is 10.1 Å². The molecular formula is C14H16N2O5. The first-order chi connectivity index (χ1) is 9.99. The Hall–Kier alpha value is -2.44. The minimum atomic E-state index is -0.804. The summed E-state index contributed by atoms with van der Waals surface area (Å²) >= 11 is 0. The van der Waals surface area contributed by atoms with Crippen molar-refractivity contribution >= 4 is 11.9 Å². The number of rotatable bonds is 6. The summed E-state index contributed by atoms with van der Waals surface area (Å²) in [6.45, 7) is 1.61. The van der Waals surface area contributed by atoms with Gasteiger partial charge in [-0.3, -0.25) is 14.9 Å². The van der Waals surface area contributed by atoms with Gasteiger partial charge in [-0.2, -0.15) is 0 Å². The Morgan fingerprint density at radius 1 is 1.43 bits per heavy atom. The lowest BCUT2D eigenvalue weighted by atomic mass is 10.1. The molecule has 0 radical (unpaired) electrons. The van der Waals surface area contributed by atoms with Crippen molar-refractivity contribution in [3.8, 4) is 0 Å². The zero-order valence-electron chi connectivity index (χ0n) is 11.5. The molecule has 1 amide bonds. The predicted octanol–water partition coefficient (Wildman–Crippen LogP) is 1.54. The molecule has 0 bridgehead atoms. The van der Waals surface area contributed by atoms with Crippen LogP contribution < -0.4 is 5.32 Å². The van der Waals surface area contributed by atoms with Crippen molar-refractivity contribution < 1.29 is 19.2 Å². The van der Waals surface area contributed by atoms with Gasteiger partial charge in [-0.1, -0.05) is 30.3 Å². The van der Waals surface area contributed by atoms with Gasteiger partial charge in [0.05, 0.1) is 12.0 Å². The number of hydrogen-bond donors (Lipinski definition) is 1. The molecule has 1 aromatic rings. The molecule has 1 N–H and O–H groups in total. The highest BCUT2D eigenvalue weighted by molar-refractivity contribution is 5.91. The van der Waals surface area contributed by atoms with E-state index < -0.39 is 29.0 Å². The number of carbonyl (C=O) groups is 2. The first kappa shape index (κ1) is 15.0. The number of amides is 1. The van der Waals surface area contributed by atoms with Crippen LogP contribution in [0.3, 0.4) is 0 Å². The quantitative estimate of drug-likeness (QED) is 0.633. The molecule has 1 saturated carbocycles. The minimum absolute atomic E-state index is 0.106. The lowest BCUT2D eigenvalue weighted by molar-refractivity contribution is -0.497. The van der Waals surface area contributed by atoms with Gasteiger partial charge in [0.1, 0.15) is 6.61 Å². The number of hydrogen-bond acceptors (Lipinski definition) is 5. The zero-order valence-corrected chi connectivity index (χ0v) is 11.5. The van der Waals surface area contributed by atoms with E-state index in [9.17, 15) is 19.7 Å². The van der Waals surface area contributed by atoms with Crippen molar-refractivity contribution in [2.75, 3.05) is 0 Å². The molecule has 2 unspecified atom stereocenters. The van der Waals surface area contributed by atoms with E-state index in [1.54, 1.807) is 0 Å². The van der Waals surface area contributed by atoms with Crippen LogP contribution in [0.25, 0.3) is 0 Å². The van der Waals surface area contributed by atoms with Gasteiger partial charge >= 0.3 is 6.09 Å². The van der Waals surface area contributed by atoms with Gasteiger partial charge in [0.25, 0.3) is 0 Å². The van der Waals surface area contributed by atoms with E-state index in [0.29, 0.717) is 0 Å². The van der Waals surface area contributed by atoms with Crippen LogP contribution in [0, 0.1) is 16.0 Å². The first-order valence-electron chi connectivity index (χ1n) is 6.63. The molecule has 7 nitrogen and oxygen atoms in total. The summed E-state index contributed by atoms with van der Waals surface area (Å²) in [6, 6.07) is 7.54. The normalized spacial score (nSPS) is 21.2. The van der Waals surface area contributed by atoms with Gasteiger partial charge in [-0.25, -0.2) is 4.79 Å². The van der Waals surface area contributed by atoms with E-state index in [-0.39, 0.29) is 18.8 Å². The minimum Gasteiger partial charge on any atom is -0.445 e. The molecule has 2 rings (SSSR count). The fraction of sp³-hybridized carbons (Fsp3) is 0.429. The Bertz CT molecular complexity index is 546. The van der Waals surface area contributed by atoms with E-state index in [1.807, 2.05) is 30.3 Å². The lowest BCUT2D eigenvalue weighted by Crippen LogP contribution is -2.40. The second kappa shape index (κ2) is 6.34. The van der Waals surface area contributed by atoms with Crippen molar-refractivity contribution in [1.82, 2.24) is 5.32 Å². The Kier molecular flexibility index (Phi) is 4.52. The number of benzene rings is 1. The fourth-order valence-electron chi connectivity index (χ4n) is 2.05. The van der Waals surface area contributed by atoms with Crippen molar-refractivity contribution in [1.29, 1.82) is 0 Å². The number of carbonyl (C=O) groups excluding carboxylic acids is 2. The maximum atomic E-state index is 11.9. The molecule has 1 aliphatic carbocycles. The van der Waals surface area contributed by atoms with Crippen LogP contribution in [0.4, 0.5) is 4.79 Å². The zero-order chi connectivity index (χ0) is 15.4. The highest BCUT2D eigenvalue weighted by atomic mass is 16.6. The third kappa shape index (κ3) is 4.01. The van der Waals surface area contributed by atoms with Crippen LogP contribution in [0.1, 0.15) is 18.9 Å². The van der Waals surface area contributed by atoms with E-state index >= 15 is 0 Å². The van der Waals surface area contributed by atoms with Crippen molar-refractivity contribution in [2.45, 2.75) is 32.0 Å². The Labute approximate surface area is 121 Å². The third-order valence-electron chi connectivity index (χ3n) is 3.37. The van der Waals surface area contributed by atoms with Gasteiger partial charge in [0.2, 0.25) is 6.04 Å². The molecule has 1 fully saturated rings. The topological polar surface area (TPSA) is 98.5 Å². The maximum absolute atomic E-state index is 11.9. The maximum Gasteiger partial charge on any atom is 0.408 e. The molecule has 0 aromatic heterocycles. The SMILES string of the molecule is C[C@H](NC(=O)OCc1ccccc1)C(=O)C1CC1[N+](=O)[O-]. The number of nitrogens with one attached hydrogen (secondary N) is 1. The van der Waals surface area contributed by atoms with E-state index in [1.165, 1.54) is 6.92 Å². The Balaban J connectivity index is 1.75. The Morgan fingerprint density at radius 2 is 2.10 bits per heavy atom. The molecule has 21 heavy (non-hydrogen) atoms. The molecule has 0 heterocycles. The summed E-state index contributed by atoms with van der Waals surface area (Å²) in [4.78, 5) is 33.5. The summed E-state index contributed by atoms with van der Waals surface area (Å²) in [7, 11) is 0. The molecule has 1 aromatic carbocycles. The standard InChI is InChI=1S/C14H16N2O5/c1-9(13(17)11-7-12(11)16(19)20)15-14(18)21-8-10-5-3-2-4-6-10/h2-6,9,11-12H,7-8H2,1H3,(H,15,18)/t9-,11?,12?/m0/s1. The summed E-state index contributed by atoms with van der Waals surface area (Å²) < 4.78 is 4.99. The molecule has 112 valence electrons. The number of Topliss-reactive ketones (excluding diaryl/α,β-unsaturated/α-hetero) is 1. The number of nitro groups is 1.